The molecule has 0 atom stereocenters. The van der Waals surface area contributed by atoms with Crippen LogP contribution in [0.4, 0.5) is 0 Å². The Morgan fingerprint density at radius 1 is 1.22 bits per heavy atom. The van der Waals surface area contributed by atoms with Crippen molar-refractivity contribution in [2.75, 3.05) is 0 Å². The molecule has 94 valence electrons. The number of nitrogens with one attached hydrogen (secondary N) is 1. The number of aromatic nitrogens is 1. The van der Waals surface area contributed by atoms with Gasteiger partial charge in [0.05, 0.1) is 0 Å². The van der Waals surface area contributed by atoms with E-state index in [0.717, 1.165) is 29.3 Å². The Bertz CT molecular complexity index is 581. The van der Waals surface area contributed by atoms with Crippen LogP contribution in [-0.2, 0) is 0 Å². The maximum atomic E-state index is 12.5. The smallest absolute Gasteiger partial charge is 0.168 e. The number of aromatic amines is 1. The van der Waals surface area contributed by atoms with Crippen LogP contribution in [0.15, 0.2) is 24.4 Å². The molecule has 1 aromatic carbocycles. The van der Waals surface area contributed by atoms with Crippen LogP contribution in [0.25, 0.3) is 10.9 Å². The number of fused-ring (bicyclic) bond motifs is 1. The van der Waals surface area contributed by atoms with Crippen LogP contribution in [0.1, 0.15) is 42.5 Å². The maximum absolute atomic E-state index is 12.5. The first-order chi connectivity index (χ1) is 8.75. The number of hydrogen-bond acceptors (Lipinski definition) is 1. The van der Waals surface area contributed by atoms with Crippen LogP contribution in [0.3, 0.4) is 0 Å². The fourth-order valence-corrected chi connectivity index (χ4v) is 3.06. The third-order valence-electron chi connectivity index (χ3n) is 3.89. The van der Waals surface area contributed by atoms with Gasteiger partial charge < -0.3 is 4.98 Å². The van der Waals surface area contributed by atoms with Crippen molar-refractivity contribution in [3.05, 3.63) is 35.0 Å². The van der Waals surface area contributed by atoms with E-state index in [0.29, 0.717) is 10.8 Å². The summed E-state index contributed by atoms with van der Waals surface area (Å²) in [6.45, 7) is 0. The number of carbonyl (C=O) groups is 1. The van der Waals surface area contributed by atoms with Crippen molar-refractivity contribution in [1.82, 2.24) is 4.98 Å². The summed E-state index contributed by atoms with van der Waals surface area (Å²) in [6.07, 6.45) is 7.55. The van der Waals surface area contributed by atoms with Crippen molar-refractivity contribution >= 4 is 28.3 Å². The zero-order chi connectivity index (χ0) is 12.5. The van der Waals surface area contributed by atoms with E-state index < -0.39 is 0 Å². The molecule has 0 radical (unpaired) electrons. The van der Waals surface area contributed by atoms with Gasteiger partial charge in [-0.15, -0.1) is 0 Å². The Balaban J connectivity index is 1.96. The lowest BCUT2D eigenvalue weighted by atomic mass is 9.84. The van der Waals surface area contributed by atoms with Gasteiger partial charge in [-0.2, -0.15) is 0 Å². The fraction of sp³-hybridized carbons (Fsp3) is 0.400. The summed E-state index contributed by atoms with van der Waals surface area (Å²) in [5.41, 5.74) is 1.77. The average Bonchev–Trinajstić information content (AvgIpc) is 2.81. The topological polar surface area (TPSA) is 32.9 Å². The lowest BCUT2D eigenvalue weighted by Crippen LogP contribution is -2.17. The molecular formula is C15H16ClNO. The largest absolute Gasteiger partial charge is 0.360 e. The highest BCUT2D eigenvalue weighted by atomic mass is 35.5. The molecular weight excluding hydrogens is 246 g/mol. The minimum Gasteiger partial charge on any atom is -0.360 e. The zero-order valence-corrected chi connectivity index (χ0v) is 11.0. The molecule has 1 heterocycles. The Hall–Kier alpha value is -1.28. The van der Waals surface area contributed by atoms with E-state index >= 15 is 0 Å². The van der Waals surface area contributed by atoms with Crippen LogP contribution in [-0.4, -0.2) is 10.8 Å². The molecule has 0 amide bonds. The molecule has 2 nitrogen and oxygen atoms in total. The van der Waals surface area contributed by atoms with Crippen molar-refractivity contribution in [2.24, 2.45) is 5.92 Å². The first kappa shape index (κ1) is 11.8. The summed E-state index contributed by atoms with van der Waals surface area (Å²) >= 11 is 5.95. The molecule has 18 heavy (non-hydrogen) atoms. The monoisotopic (exact) mass is 261 g/mol. The minimum absolute atomic E-state index is 0.216. The van der Waals surface area contributed by atoms with Crippen molar-refractivity contribution in [2.45, 2.75) is 32.1 Å². The number of benzene rings is 1. The van der Waals surface area contributed by atoms with Crippen molar-refractivity contribution in [3.63, 3.8) is 0 Å². The Kier molecular flexibility index (Phi) is 3.13. The molecule has 1 aromatic heterocycles. The van der Waals surface area contributed by atoms with Gasteiger partial charge in [0, 0.05) is 33.6 Å². The van der Waals surface area contributed by atoms with Gasteiger partial charge in [0.2, 0.25) is 0 Å². The standard InChI is InChI=1S/C15H16ClNO/c16-11-6-7-12-13(9-17-14(12)8-11)15(18)10-4-2-1-3-5-10/h6-10,17H,1-5H2. The van der Waals surface area contributed by atoms with E-state index in [1.807, 2.05) is 24.4 Å². The summed E-state index contributed by atoms with van der Waals surface area (Å²) in [4.78, 5) is 15.7. The van der Waals surface area contributed by atoms with E-state index in [4.69, 9.17) is 11.6 Å². The second kappa shape index (κ2) is 4.77. The first-order valence-electron chi connectivity index (χ1n) is 6.56. The summed E-state index contributed by atoms with van der Waals surface area (Å²) in [5.74, 6) is 0.511. The van der Waals surface area contributed by atoms with Crippen LogP contribution in [0.5, 0.6) is 0 Å². The summed E-state index contributed by atoms with van der Waals surface area (Å²) in [7, 11) is 0. The van der Waals surface area contributed by atoms with Crippen LogP contribution in [0.2, 0.25) is 5.02 Å². The summed E-state index contributed by atoms with van der Waals surface area (Å²) < 4.78 is 0. The van der Waals surface area contributed by atoms with Gasteiger partial charge in [0.25, 0.3) is 0 Å². The van der Waals surface area contributed by atoms with Crippen molar-refractivity contribution in [3.8, 4) is 0 Å². The van der Waals surface area contributed by atoms with Crippen LogP contribution >= 0.6 is 11.6 Å². The number of carbonyl (C=O) groups excluding carboxylic acids is 1. The highest BCUT2D eigenvalue weighted by molar-refractivity contribution is 6.31. The van der Waals surface area contributed by atoms with Gasteiger partial charge in [-0.05, 0) is 25.0 Å². The number of ketones is 1. The molecule has 0 unspecified atom stereocenters. The molecule has 1 aliphatic rings. The third kappa shape index (κ3) is 2.05. The van der Waals surface area contributed by atoms with Gasteiger partial charge in [0.1, 0.15) is 0 Å². The summed E-state index contributed by atoms with van der Waals surface area (Å²) in [5, 5.41) is 1.69. The Morgan fingerprint density at radius 2 is 2.00 bits per heavy atom. The third-order valence-corrected chi connectivity index (χ3v) is 4.12. The van der Waals surface area contributed by atoms with E-state index in [2.05, 4.69) is 4.98 Å². The van der Waals surface area contributed by atoms with Gasteiger partial charge in [-0.25, -0.2) is 0 Å². The number of halogens is 1. The van der Waals surface area contributed by atoms with E-state index in [-0.39, 0.29) is 5.92 Å². The van der Waals surface area contributed by atoms with Gasteiger partial charge in [-0.1, -0.05) is 36.9 Å². The molecule has 0 bridgehead atoms. The molecule has 3 heteroatoms. The molecule has 1 fully saturated rings. The fourth-order valence-electron chi connectivity index (χ4n) is 2.89. The molecule has 3 rings (SSSR count). The molecule has 1 saturated carbocycles. The second-order valence-corrected chi connectivity index (χ2v) is 5.53. The molecule has 1 aliphatic carbocycles. The molecule has 0 aliphatic heterocycles. The van der Waals surface area contributed by atoms with E-state index in [9.17, 15) is 4.79 Å². The molecule has 0 spiro atoms. The predicted octanol–water partition coefficient (Wildman–Crippen LogP) is 4.58. The highest BCUT2D eigenvalue weighted by Gasteiger charge is 2.24. The first-order valence-corrected chi connectivity index (χ1v) is 6.94. The van der Waals surface area contributed by atoms with Crippen LogP contribution in [0, 0.1) is 5.92 Å². The van der Waals surface area contributed by atoms with Crippen molar-refractivity contribution in [1.29, 1.82) is 0 Å². The SMILES string of the molecule is O=C(c1c[nH]c2cc(Cl)ccc12)C1CCCCC1. The molecule has 2 aromatic rings. The summed E-state index contributed by atoms with van der Waals surface area (Å²) in [6, 6.07) is 5.65. The van der Waals surface area contributed by atoms with Crippen molar-refractivity contribution < 1.29 is 4.79 Å². The van der Waals surface area contributed by atoms with Gasteiger partial charge in [-0.3, -0.25) is 4.79 Å². The van der Waals surface area contributed by atoms with Gasteiger partial charge in [0.15, 0.2) is 5.78 Å². The highest BCUT2D eigenvalue weighted by Crippen LogP contribution is 2.30. The number of rotatable bonds is 2. The Morgan fingerprint density at radius 3 is 2.78 bits per heavy atom. The zero-order valence-electron chi connectivity index (χ0n) is 10.2. The maximum Gasteiger partial charge on any atom is 0.168 e. The number of H-pyrrole nitrogens is 1. The van der Waals surface area contributed by atoms with E-state index in [1.54, 1.807) is 0 Å². The lowest BCUT2D eigenvalue weighted by Gasteiger charge is -2.19. The normalized spacial score (nSPS) is 17.2. The Labute approximate surface area is 111 Å². The predicted molar refractivity (Wildman–Crippen MR) is 74.2 cm³/mol. The number of hydrogen-bond donors (Lipinski definition) is 1. The number of Topliss-reactive ketones (excluding diaryl/α,β-unsaturated/α-hetero) is 1. The quantitative estimate of drug-likeness (QED) is 0.789. The second-order valence-electron chi connectivity index (χ2n) is 5.09. The lowest BCUT2D eigenvalue weighted by molar-refractivity contribution is 0.0891. The average molecular weight is 262 g/mol. The molecule has 1 N–H and O–H groups in total. The molecule has 0 saturated heterocycles. The minimum atomic E-state index is 0.216. The van der Waals surface area contributed by atoms with Gasteiger partial charge >= 0.3 is 0 Å². The van der Waals surface area contributed by atoms with E-state index in [1.165, 1.54) is 19.3 Å². The van der Waals surface area contributed by atoms with Crippen LogP contribution < -0.4 is 0 Å².